The summed E-state index contributed by atoms with van der Waals surface area (Å²) in [7, 11) is -3.54. The van der Waals surface area contributed by atoms with Crippen LogP contribution in [-0.4, -0.2) is 45.1 Å². The second-order valence-corrected chi connectivity index (χ2v) is 7.37. The van der Waals surface area contributed by atoms with E-state index in [1.807, 2.05) is 19.9 Å². The van der Waals surface area contributed by atoms with Crippen molar-refractivity contribution in [2.75, 3.05) is 19.6 Å². The molecule has 0 unspecified atom stereocenters. The molecule has 0 radical (unpaired) electrons. The minimum Gasteiger partial charge on any atom is -0.315 e. The number of sulfonamides is 1. The van der Waals surface area contributed by atoms with Gasteiger partial charge in [-0.2, -0.15) is 4.31 Å². The van der Waals surface area contributed by atoms with E-state index in [9.17, 15) is 8.42 Å². The van der Waals surface area contributed by atoms with Gasteiger partial charge in [0.1, 0.15) is 0 Å². The van der Waals surface area contributed by atoms with Gasteiger partial charge < -0.3 is 5.32 Å². The van der Waals surface area contributed by atoms with Crippen LogP contribution in [-0.2, 0) is 10.0 Å². The lowest BCUT2D eigenvalue weighted by atomic mass is 10.1. The van der Waals surface area contributed by atoms with E-state index in [1.54, 1.807) is 22.5 Å². The Morgan fingerprint density at radius 2 is 2.23 bits per heavy atom. The van der Waals surface area contributed by atoms with Gasteiger partial charge in [-0.15, -0.1) is 0 Å². The lowest BCUT2D eigenvalue weighted by Gasteiger charge is -2.27. The number of nitrogens with zero attached hydrogens (tertiary/aromatic N) is 2. The molecule has 2 rings (SSSR count). The van der Waals surface area contributed by atoms with Crippen LogP contribution in [0.2, 0.25) is 0 Å². The molecular weight excluding hydrogens is 298 g/mol. The Morgan fingerprint density at radius 3 is 2.95 bits per heavy atom. The van der Waals surface area contributed by atoms with Gasteiger partial charge in [-0.05, 0) is 56.8 Å². The number of hydrogen-bond acceptors (Lipinski definition) is 4. The second-order valence-electron chi connectivity index (χ2n) is 5.51. The summed E-state index contributed by atoms with van der Waals surface area (Å²) in [5, 5.41) is 3.27. The Morgan fingerprint density at radius 1 is 1.45 bits per heavy atom. The van der Waals surface area contributed by atoms with Gasteiger partial charge >= 0.3 is 0 Å². The van der Waals surface area contributed by atoms with Crippen LogP contribution in [0.15, 0.2) is 34.3 Å². The SMILES string of the molecule is C=N/C=C\c1c(C)cccc1S(=O)(=O)N1CCCNC[C@H]1C. The third-order valence-electron chi connectivity index (χ3n) is 3.88. The molecule has 1 aromatic rings. The summed E-state index contributed by atoms with van der Waals surface area (Å²) in [5.74, 6) is 0. The first kappa shape index (κ1) is 16.9. The second kappa shape index (κ2) is 7.17. The maximum absolute atomic E-state index is 13.1. The van der Waals surface area contributed by atoms with Crippen LogP contribution in [0.5, 0.6) is 0 Å². The Hall–Kier alpha value is -1.50. The highest BCUT2D eigenvalue weighted by atomic mass is 32.2. The van der Waals surface area contributed by atoms with Crippen molar-refractivity contribution in [2.45, 2.75) is 31.2 Å². The highest BCUT2D eigenvalue weighted by molar-refractivity contribution is 7.89. The van der Waals surface area contributed by atoms with Crippen molar-refractivity contribution in [3.63, 3.8) is 0 Å². The number of hydrogen-bond donors (Lipinski definition) is 1. The Labute approximate surface area is 132 Å². The van der Waals surface area contributed by atoms with Crippen molar-refractivity contribution in [3.05, 3.63) is 35.5 Å². The normalized spacial score (nSPS) is 20.9. The van der Waals surface area contributed by atoms with Gasteiger partial charge in [0.2, 0.25) is 10.0 Å². The predicted molar refractivity (Wildman–Crippen MR) is 90.6 cm³/mol. The molecule has 1 heterocycles. The van der Waals surface area contributed by atoms with E-state index in [2.05, 4.69) is 17.0 Å². The van der Waals surface area contributed by atoms with Crippen molar-refractivity contribution in [1.29, 1.82) is 0 Å². The molecule has 1 N–H and O–H groups in total. The van der Waals surface area contributed by atoms with Gasteiger partial charge in [0, 0.05) is 25.3 Å². The van der Waals surface area contributed by atoms with Gasteiger partial charge in [0.15, 0.2) is 0 Å². The topological polar surface area (TPSA) is 61.8 Å². The average Bonchev–Trinajstić information content (AvgIpc) is 2.70. The molecule has 0 amide bonds. The van der Waals surface area contributed by atoms with E-state index in [1.165, 1.54) is 6.20 Å². The van der Waals surface area contributed by atoms with E-state index in [0.29, 0.717) is 23.5 Å². The summed E-state index contributed by atoms with van der Waals surface area (Å²) >= 11 is 0. The third kappa shape index (κ3) is 3.45. The largest absolute Gasteiger partial charge is 0.315 e. The zero-order valence-corrected chi connectivity index (χ0v) is 13.9. The summed E-state index contributed by atoms with van der Waals surface area (Å²) in [4.78, 5) is 4.02. The highest BCUT2D eigenvalue weighted by Gasteiger charge is 2.31. The molecule has 0 saturated carbocycles. The van der Waals surface area contributed by atoms with Gasteiger partial charge in [-0.25, -0.2) is 8.42 Å². The molecule has 0 bridgehead atoms. The number of benzene rings is 1. The molecule has 1 fully saturated rings. The fourth-order valence-electron chi connectivity index (χ4n) is 2.70. The minimum atomic E-state index is -3.54. The molecule has 1 aliphatic heterocycles. The molecule has 6 heteroatoms. The van der Waals surface area contributed by atoms with Crippen molar-refractivity contribution < 1.29 is 8.42 Å². The number of rotatable bonds is 4. The number of nitrogens with one attached hydrogen (secondary N) is 1. The molecule has 5 nitrogen and oxygen atoms in total. The van der Waals surface area contributed by atoms with Crippen molar-refractivity contribution >= 4 is 22.8 Å². The van der Waals surface area contributed by atoms with Crippen molar-refractivity contribution in [3.8, 4) is 0 Å². The molecule has 120 valence electrons. The first-order valence-electron chi connectivity index (χ1n) is 7.43. The van der Waals surface area contributed by atoms with E-state index in [0.717, 1.165) is 18.5 Å². The molecule has 0 spiro atoms. The summed E-state index contributed by atoms with van der Waals surface area (Å²) < 4.78 is 27.8. The summed E-state index contributed by atoms with van der Waals surface area (Å²) in [6.45, 7) is 9.29. The zero-order valence-electron chi connectivity index (χ0n) is 13.1. The van der Waals surface area contributed by atoms with Crippen molar-refractivity contribution in [1.82, 2.24) is 9.62 Å². The predicted octanol–water partition coefficient (Wildman–Crippen LogP) is 2.04. The molecule has 0 aromatic heterocycles. The smallest absolute Gasteiger partial charge is 0.243 e. The summed E-state index contributed by atoms with van der Waals surface area (Å²) in [6, 6.07) is 5.27. The molecule has 1 atom stereocenters. The zero-order chi connectivity index (χ0) is 16.2. The molecule has 22 heavy (non-hydrogen) atoms. The number of aryl methyl sites for hydroxylation is 1. The van der Waals surface area contributed by atoms with Gasteiger partial charge in [0.05, 0.1) is 4.90 Å². The first-order valence-corrected chi connectivity index (χ1v) is 8.87. The molecule has 1 saturated heterocycles. The Bertz CT molecular complexity index is 668. The fourth-order valence-corrected chi connectivity index (χ4v) is 4.62. The van der Waals surface area contributed by atoms with Crippen LogP contribution in [0.1, 0.15) is 24.5 Å². The fraction of sp³-hybridized carbons (Fsp3) is 0.438. The van der Waals surface area contributed by atoms with Crippen LogP contribution in [0.3, 0.4) is 0 Å². The van der Waals surface area contributed by atoms with Crippen molar-refractivity contribution in [2.24, 2.45) is 4.99 Å². The van der Waals surface area contributed by atoms with Gasteiger partial charge in [0.25, 0.3) is 0 Å². The number of aliphatic imine (C=N–C) groups is 1. The van der Waals surface area contributed by atoms with Crippen LogP contribution in [0.4, 0.5) is 0 Å². The Kier molecular flexibility index (Phi) is 5.50. The van der Waals surface area contributed by atoms with Gasteiger partial charge in [-0.1, -0.05) is 12.1 Å². The van der Waals surface area contributed by atoms with Crippen LogP contribution >= 0.6 is 0 Å². The summed E-state index contributed by atoms with van der Waals surface area (Å²) in [5.41, 5.74) is 1.58. The molecule has 0 aliphatic carbocycles. The third-order valence-corrected chi connectivity index (χ3v) is 5.95. The Balaban J connectivity index is 2.51. The maximum Gasteiger partial charge on any atom is 0.243 e. The maximum atomic E-state index is 13.1. The van der Waals surface area contributed by atoms with Gasteiger partial charge in [-0.3, -0.25) is 4.99 Å². The highest BCUT2D eigenvalue weighted by Crippen LogP contribution is 2.26. The lowest BCUT2D eigenvalue weighted by Crippen LogP contribution is -2.41. The van der Waals surface area contributed by atoms with E-state index in [4.69, 9.17) is 0 Å². The summed E-state index contributed by atoms with van der Waals surface area (Å²) in [6.07, 6.45) is 4.04. The first-order chi connectivity index (χ1) is 10.5. The molecule has 1 aliphatic rings. The monoisotopic (exact) mass is 321 g/mol. The molecule has 1 aromatic carbocycles. The average molecular weight is 321 g/mol. The quantitative estimate of drug-likeness (QED) is 0.863. The van der Waals surface area contributed by atoms with E-state index < -0.39 is 10.0 Å². The van der Waals surface area contributed by atoms with Crippen LogP contribution in [0, 0.1) is 6.92 Å². The molecular formula is C16H23N3O2S. The minimum absolute atomic E-state index is 0.0672. The van der Waals surface area contributed by atoms with E-state index >= 15 is 0 Å². The lowest BCUT2D eigenvalue weighted by molar-refractivity contribution is 0.353. The van der Waals surface area contributed by atoms with Crippen LogP contribution < -0.4 is 5.32 Å². The standard InChI is InChI=1S/C16H23N3O2S/c1-13-6-4-7-16(15(13)8-10-17-3)22(20,21)19-11-5-9-18-12-14(19)2/h4,6-8,10,14,18H,3,5,9,11-12H2,1-2H3/b10-8-/t14-/m1/s1. The van der Waals surface area contributed by atoms with E-state index in [-0.39, 0.29) is 6.04 Å². The van der Waals surface area contributed by atoms with Crippen LogP contribution in [0.25, 0.3) is 6.08 Å².